The molecule has 0 bridgehead atoms. The van der Waals surface area contributed by atoms with Crippen molar-refractivity contribution in [1.82, 2.24) is 5.32 Å². The molecule has 0 unspecified atom stereocenters. The number of rotatable bonds is 5. The third-order valence-corrected chi connectivity index (χ3v) is 4.19. The van der Waals surface area contributed by atoms with Gasteiger partial charge in [-0.05, 0) is 50.0 Å². The highest BCUT2D eigenvalue weighted by atomic mass is 35.5. The van der Waals surface area contributed by atoms with Gasteiger partial charge in [0, 0.05) is 30.0 Å². The van der Waals surface area contributed by atoms with Crippen LogP contribution in [0.15, 0.2) is 24.3 Å². The number of ether oxygens (including phenoxy) is 1. The average molecular weight is 348 g/mol. The van der Waals surface area contributed by atoms with Crippen LogP contribution >= 0.6 is 23.2 Å². The van der Waals surface area contributed by atoms with E-state index in [0.717, 1.165) is 44.2 Å². The predicted molar refractivity (Wildman–Crippen MR) is 99.5 cm³/mol. The van der Waals surface area contributed by atoms with Crippen molar-refractivity contribution in [3.05, 3.63) is 34.9 Å². The van der Waals surface area contributed by atoms with E-state index in [1.807, 2.05) is 26.0 Å². The lowest BCUT2D eigenvalue weighted by molar-refractivity contribution is 0.0469. The Balaban J connectivity index is 0.00000102. The van der Waals surface area contributed by atoms with Crippen LogP contribution in [0.25, 0.3) is 0 Å². The highest BCUT2D eigenvalue weighted by Gasteiger charge is 2.33. The van der Waals surface area contributed by atoms with Gasteiger partial charge in [0.05, 0.1) is 0 Å². The number of halogens is 2. The second-order valence-corrected chi connectivity index (χ2v) is 5.44. The Morgan fingerprint density at radius 2 is 1.64 bits per heavy atom. The summed E-state index contributed by atoms with van der Waals surface area (Å²) in [5.74, 6) is 0. The molecule has 0 amide bonds. The molecule has 2 rings (SSSR count). The Hall–Kier alpha value is -0.280. The molecule has 0 aromatic heterocycles. The molecule has 0 radical (unpaired) electrons. The Morgan fingerprint density at radius 3 is 2.14 bits per heavy atom. The van der Waals surface area contributed by atoms with Crippen LogP contribution in [0.3, 0.4) is 0 Å². The topological polar surface area (TPSA) is 21.3 Å². The molecular weight excluding hydrogens is 317 g/mol. The number of benzene rings is 1. The molecule has 1 saturated heterocycles. The van der Waals surface area contributed by atoms with E-state index in [1.54, 1.807) is 0 Å². The fourth-order valence-electron chi connectivity index (χ4n) is 2.75. The van der Waals surface area contributed by atoms with E-state index in [4.69, 9.17) is 16.3 Å². The summed E-state index contributed by atoms with van der Waals surface area (Å²) in [6.45, 7) is 9.99. The molecule has 1 heterocycles. The molecule has 1 fully saturated rings. The molecule has 0 aliphatic carbocycles. The van der Waals surface area contributed by atoms with Crippen LogP contribution in [0.2, 0.25) is 5.02 Å². The Bertz CT molecular complexity index is 362. The van der Waals surface area contributed by atoms with Gasteiger partial charge in [-0.3, -0.25) is 0 Å². The van der Waals surface area contributed by atoms with Crippen molar-refractivity contribution in [2.45, 2.75) is 45.4 Å². The van der Waals surface area contributed by atoms with Crippen molar-refractivity contribution in [3.8, 4) is 0 Å². The van der Waals surface area contributed by atoms with Crippen LogP contribution in [0.5, 0.6) is 0 Å². The quantitative estimate of drug-likeness (QED) is 0.578. The van der Waals surface area contributed by atoms with Crippen LogP contribution in [-0.4, -0.2) is 32.7 Å². The van der Waals surface area contributed by atoms with Crippen LogP contribution in [0.4, 0.5) is 0 Å². The first-order valence-electron chi connectivity index (χ1n) is 8.19. The van der Waals surface area contributed by atoms with E-state index in [2.05, 4.69) is 36.0 Å². The van der Waals surface area contributed by atoms with Crippen molar-refractivity contribution in [1.29, 1.82) is 0 Å². The summed E-state index contributed by atoms with van der Waals surface area (Å²) in [7, 11) is 0. The van der Waals surface area contributed by atoms with Crippen LogP contribution in [0, 0.1) is 0 Å². The third kappa shape index (κ3) is 6.87. The minimum Gasteiger partial charge on any atom is -0.381 e. The Morgan fingerprint density at radius 1 is 1.09 bits per heavy atom. The summed E-state index contributed by atoms with van der Waals surface area (Å²) in [6, 6.07) is 8.36. The fraction of sp³-hybridized carbons (Fsp3) is 0.667. The Kier molecular flexibility index (Phi) is 13.0. The zero-order chi connectivity index (χ0) is 16.8. The van der Waals surface area contributed by atoms with Crippen LogP contribution in [-0.2, 0) is 10.2 Å². The summed E-state index contributed by atoms with van der Waals surface area (Å²) < 4.78 is 5.53. The number of nitrogens with one attached hydrogen (secondary N) is 1. The largest absolute Gasteiger partial charge is 0.381 e. The van der Waals surface area contributed by atoms with Crippen molar-refractivity contribution in [3.63, 3.8) is 0 Å². The zero-order valence-electron chi connectivity index (χ0n) is 14.4. The summed E-state index contributed by atoms with van der Waals surface area (Å²) in [6.07, 6.45) is 4.87. The van der Waals surface area contributed by atoms with Crippen molar-refractivity contribution >= 4 is 23.2 Å². The first-order chi connectivity index (χ1) is 10.8. The van der Waals surface area contributed by atoms with Crippen molar-refractivity contribution < 1.29 is 4.74 Å². The van der Waals surface area contributed by atoms with E-state index in [-0.39, 0.29) is 5.41 Å². The highest BCUT2D eigenvalue weighted by Crippen LogP contribution is 2.38. The lowest BCUT2D eigenvalue weighted by Crippen LogP contribution is -2.36. The molecule has 0 spiro atoms. The van der Waals surface area contributed by atoms with E-state index in [1.165, 1.54) is 18.4 Å². The molecule has 0 saturated carbocycles. The number of hydrogen-bond acceptors (Lipinski definition) is 2. The molecule has 1 aromatic rings. The van der Waals surface area contributed by atoms with E-state index in [0.29, 0.717) is 0 Å². The normalized spacial score (nSPS) is 15.9. The molecule has 1 aliphatic heterocycles. The first-order valence-corrected chi connectivity index (χ1v) is 9.32. The molecule has 4 heteroatoms. The van der Waals surface area contributed by atoms with Gasteiger partial charge in [-0.1, -0.05) is 44.5 Å². The number of alkyl halides is 1. The zero-order valence-corrected chi connectivity index (χ0v) is 15.9. The smallest absolute Gasteiger partial charge is 0.0474 e. The van der Waals surface area contributed by atoms with Gasteiger partial charge in [0.25, 0.3) is 0 Å². The molecule has 22 heavy (non-hydrogen) atoms. The van der Waals surface area contributed by atoms with Gasteiger partial charge in [-0.2, -0.15) is 0 Å². The van der Waals surface area contributed by atoms with E-state index < -0.39 is 0 Å². The molecular formula is C18H31Cl2NO. The molecule has 128 valence electrons. The summed E-state index contributed by atoms with van der Waals surface area (Å²) in [5, 5.41) is 4.25. The van der Waals surface area contributed by atoms with Gasteiger partial charge in [0.15, 0.2) is 0 Å². The molecule has 2 nitrogen and oxygen atoms in total. The standard InChI is InChI=1S/C15H22ClNO.C2H6.CH3Cl/c1-2-17-10-7-15(8-11-18-12-9-15)13-3-5-14(16)6-4-13;2*1-2/h3-6,17H,2,7-12H2,1H3;1-2H3;1H3. The average Bonchev–Trinajstić information content (AvgIpc) is 2.60. The van der Waals surface area contributed by atoms with Crippen molar-refractivity contribution in [2.75, 3.05) is 32.7 Å². The van der Waals surface area contributed by atoms with Gasteiger partial charge in [-0.25, -0.2) is 0 Å². The molecule has 1 N–H and O–H groups in total. The predicted octanol–water partition coefficient (Wildman–Crippen LogP) is 5.27. The van der Waals surface area contributed by atoms with Gasteiger partial charge in [0.1, 0.15) is 0 Å². The van der Waals surface area contributed by atoms with Crippen LogP contribution < -0.4 is 5.32 Å². The molecule has 1 aromatic carbocycles. The summed E-state index contributed by atoms with van der Waals surface area (Å²) >= 11 is 10.6. The maximum absolute atomic E-state index is 5.99. The summed E-state index contributed by atoms with van der Waals surface area (Å²) in [5.41, 5.74) is 1.68. The minimum atomic E-state index is 0.269. The van der Waals surface area contributed by atoms with Crippen LogP contribution in [0.1, 0.15) is 45.6 Å². The molecule has 0 atom stereocenters. The second kappa shape index (κ2) is 13.2. The van der Waals surface area contributed by atoms with Gasteiger partial charge in [-0.15, -0.1) is 11.6 Å². The van der Waals surface area contributed by atoms with Gasteiger partial charge < -0.3 is 10.1 Å². The SMILES string of the molecule is CC.CCNCCC1(c2ccc(Cl)cc2)CCOCC1.CCl. The first kappa shape index (κ1) is 21.7. The minimum absolute atomic E-state index is 0.269. The maximum Gasteiger partial charge on any atom is 0.0474 e. The maximum atomic E-state index is 5.99. The third-order valence-electron chi connectivity index (χ3n) is 3.94. The monoisotopic (exact) mass is 347 g/mol. The second-order valence-electron chi connectivity index (χ2n) is 5.00. The van der Waals surface area contributed by atoms with Gasteiger partial charge >= 0.3 is 0 Å². The number of hydrogen-bond donors (Lipinski definition) is 1. The molecule has 1 aliphatic rings. The van der Waals surface area contributed by atoms with E-state index >= 15 is 0 Å². The highest BCUT2D eigenvalue weighted by molar-refractivity contribution is 6.30. The van der Waals surface area contributed by atoms with Gasteiger partial charge in [0.2, 0.25) is 0 Å². The summed E-state index contributed by atoms with van der Waals surface area (Å²) in [4.78, 5) is 0. The van der Waals surface area contributed by atoms with Crippen molar-refractivity contribution in [2.24, 2.45) is 0 Å². The van der Waals surface area contributed by atoms with E-state index in [9.17, 15) is 0 Å². The Labute approximate surface area is 146 Å². The lowest BCUT2D eigenvalue weighted by Gasteiger charge is -2.38. The lowest BCUT2D eigenvalue weighted by atomic mass is 9.72. The fourth-order valence-corrected chi connectivity index (χ4v) is 2.88.